The standard InChI is InChI=1S/C49H35N/c1-3-4-17-41-33(2)42-28-24-38(31-46(42)44-19-9-8-18-43(41)44)36-15-12-16-37(30-36)39-25-29-49-47(32-39)45-20-10-11-21-48(45)50(49)40-26-22-35(23-27-40)34-13-6-5-7-14-34/h3-32H,1H2,2H3/b17-4-. The third-order valence-electron chi connectivity index (χ3n) is 10.2. The summed E-state index contributed by atoms with van der Waals surface area (Å²) in [6.07, 6.45) is 6.05. The molecule has 0 saturated carbocycles. The van der Waals surface area contributed by atoms with Crippen LogP contribution in [-0.2, 0) is 0 Å². The summed E-state index contributed by atoms with van der Waals surface area (Å²) in [5, 5.41) is 7.61. The molecule has 8 aromatic carbocycles. The Bertz CT molecular complexity index is 2760. The number of benzene rings is 8. The van der Waals surface area contributed by atoms with Gasteiger partial charge >= 0.3 is 0 Å². The van der Waals surface area contributed by atoms with Crippen LogP contribution in [0, 0.1) is 6.92 Å². The summed E-state index contributed by atoms with van der Waals surface area (Å²) in [4.78, 5) is 0. The Morgan fingerprint density at radius 2 is 0.980 bits per heavy atom. The highest BCUT2D eigenvalue weighted by Crippen LogP contribution is 2.38. The predicted octanol–water partition coefficient (Wildman–Crippen LogP) is 13.6. The topological polar surface area (TPSA) is 4.93 Å². The van der Waals surface area contributed by atoms with E-state index in [-0.39, 0.29) is 0 Å². The number of aromatic nitrogens is 1. The highest BCUT2D eigenvalue weighted by atomic mass is 15.0. The lowest BCUT2D eigenvalue weighted by Gasteiger charge is -2.14. The highest BCUT2D eigenvalue weighted by Gasteiger charge is 2.15. The third-order valence-corrected chi connectivity index (χ3v) is 10.2. The summed E-state index contributed by atoms with van der Waals surface area (Å²) >= 11 is 0. The van der Waals surface area contributed by atoms with Crippen molar-refractivity contribution in [2.45, 2.75) is 6.92 Å². The lowest BCUT2D eigenvalue weighted by molar-refractivity contribution is 1.18. The highest BCUT2D eigenvalue weighted by molar-refractivity contribution is 6.14. The van der Waals surface area contributed by atoms with E-state index in [4.69, 9.17) is 0 Å². The van der Waals surface area contributed by atoms with Crippen LogP contribution in [-0.4, -0.2) is 4.57 Å². The molecule has 0 amide bonds. The van der Waals surface area contributed by atoms with Gasteiger partial charge in [-0.25, -0.2) is 0 Å². The van der Waals surface area contributed by atoms with Crippen molar-refractivity contribution in [1.82, 2.24) is 4.57 Å². The van der Waals surface area contributed by atoms with E-state index in [2.05, 4.69) is 188 Å². The number of rotatable bonds is 6. The molecule has 0 aliphatic heterocycles. The molecule has 50 heavy (non-hydrogen) atoms. The maximum Gasteiger partial charge on any atom is 0.0541 e. The first kappa shape index (κ1) is 29.7. The van der Waals surface area contributed by atoms with Crippen molar-refractivity contribution in [2.75, 3.05) is 0 Å². The van der Waals surface area contributed by atoms with Crippen molar-refractivity contribution in [2.24, 2.45) is 0 Å². The molecule has 0 aliphatic rings. The van der Waals surface area contributed by atoms with E-state index in [9.17, 15) is 0 Å². The fourth-order valence-corrected chi connectivity index (χ4v) is 7.70. The normalized spacial score (nSPS) is 11.7. The smallest absolute Gasteiger partial charge is 0.0541 e. The van der Waals surface area contributed by atoms with Crippen LogP contribution in [0.2, 0.25) is 0 Å². The average Bonchev–Trinajstić information content (AvgIpc) is 3.52. The van der Waals surface area contributed by atoms with Crippen molar-refractivity contribution in [3.05, 3.63) is 194 Å². The van der Waals surface area contributed by atoms with Crippen LogP contribution in [0.1, 0.15) is 11.1 Å². The van der Waals surface area contributed by atoms with E-state index >= 15 is 0 Å². The van der Waals surface area contributed by atoms with Crippen molar-refractivity contribution in [3.8, 4) is 39.1 Å². The first-order chi connectivity index (χ1) is 24.7. The van der Waals surface area contributed by atoms with Gasteiger partial charge in [-0.1, -0.05) is 146 Å². The van der Waals surface area contributed by atoms with Gasteiger partial charge in [0.2, 0.25) is 0 Å². The Morgan fingerprint density at radius 1 is 0.420 bits per heavy atom. The number of nitrogens with zero attached hydrogens (tertiary/aromatic N) is 1. The second-order valence-electron chi connectivity index (χ2n) is 13.0. The minimum atomic E-state index is 1.16. The SMILES string of the molecule is C=C/C=C\c1c(C)c2ccc(-c3cccc(-c4ccc5c(c4)c4ccccc4n5-c4ccc(-c5ccccc5)cc4)c3)cc2c2ccccc12. The summed E-state index contributed by atoms with van der Waals surface area (Å²) in [6.45, 7) is 6.11. The van der Waals surface area contributed by atoms with Crippen molar-refractivity contribution >= 4 is 49.4 Å². The zero-order chi connectivity index (χ0) is 33.6. The first-order valence-electron chi connectivity index (χ1n) is 17.2. The van der Waals surface area contributed by atoms with E-state index in [1.165, 1.54) is 87.9 Å². The summed E-state index contributed by atoms with van der Waals surface area (Å²) in [5.41, 5.74) is 13.4. The summed E-state index contributed by atoms with van der Waals surface area (Å²) in [6, 6.07) is 59.8. The van der Waals surface area contributed by atoms with Crippen molar-refractivity contribution in [3.63, 3.8) is 0 Å². The van der Waals surface area contributed by atoms with Crippen molar-refractivity contribution < 1.29 is 0 Å². The van der Waals surface area contributed by atoms with E-state index in [0.717, 1.165) is 5.69 Å². The Kier molecular flexibility index (Phi) is 7.25. The van der Waals surface area contributed by atoms with Gasteiger partial charge < -0.3 is 4.57 Å². The molecule has 1 nitrogen and oxygen atoms in total. The van der Waals surface area contributed by atoms with Gasteiger partial charge in [0.05, 0.1) is 11.0 Å². The molecule has 0 saturated heterocycles. The average molecular weight is 638 g/mol. The molecule has 9 rings (SSSR count). The second-order valence-corrected chi connectivity index (χ2v) is 13.0. The summed E-state index contributed by atoms with van der Waals surface area (Å²) in [7, 11) is 0. The van der Waals surface area contributed by atoms with Gasteiger partial charge in [0.1, 0.15) is 0 Å². The first-order valence-corrected chi connectivity index (χ1v) is 17.2. The number of para-hydroxylation sites is 1. The quantitative estimate of drug-likeness (QED) is 0.126. The molecule has 9 aromatic rings. The van der Waals surface area contributed by atoms with Gasteiger partial charge in [0, 0.05) is 16.5 Å². The van der Waals surface area contributed by atoms with Crippen LogP contribution in [0.4, 0.5) is 0 Å². The molecule has 0 aliphatic carbocycles. The van der Waals surface area contributed by atoms with Crippen LogP contribution in [0.5, 0.6) is 0 Å². The van der Waals surface area contributed by atoms with Gasteiger partial charge in [-0.05, 0) is 115 Å². The number of fused-ring (bicyclic) bond motifs is 6. The maximum atomic E-state index is 3.89. The van der Waals surface area contributed by atoms with Gasteiger partial charge in [-0.3, -0.25) is 0 Å². The Balaban J connectivity index is 1.13. The second kappa shape index (κ2) is 12.2. The van der Waals surface area contributed by atoms with E-state index in [1.807, 2.05) is 12.2 Å². The zero-order valence-corrected chi connectivity index (χ0v) is 28.0. The number of hydrogen-bond acceptors (Lipinski definition) is 0. The minimum Gasteiger partial charge on any atom is -0.309 e. The predicted molar refractivity (Wildman–Crippen MR) is 216 cm³/mol. The van der Waals surface area contributed by atoms with Crippen LogP contribution < -0.4 is 0 Å². The van der Waals surface area contributed by atoms with Crippen LogP contribution in [0.25, 0.3) is 88.5 Å². The molecule has 0 fully saturated rings. The van der Waals surface area contributed by atoms with E-state index in [1.54, 1.807) is 0 Å². The molecular weight excluding hydrogens is 603 g/mol. The molecule has 1 heterocycles. The number of allylic oxidation sites excluding steroid dienone is 2. The van der Waals surface area contributed by atoms with Crippen LogP contribution in [0.15, 0.2) is 183 Å². The van der Waals surface area contributed by atoms with Gasteiger partial charge in [-0.2, -0.15) is 0 Å². The Hall–Kier alpha value is -6.44. The summed E-state index contributed by atoms with van der Waals surface area (Å²) in [5.74, 6) is 0. The largest absolute Gasteiger partial charge is 0.309 e. The van der Waals surface area contributed by atoms with Gasteiger partial charge in [0.15, 0.2) is 0 Å². The molecule has 0 atom stereocenters. The van der Waals surface area contributed by atoms with Gasteiger partial charge in [0.25, 0.3) is 0 Å². The molecular formula is C49H35N. The molecule has 0 unspecified atom stereocenters. The molecule has 0 radical (unpaired) electrons. The number of hydrogen-bond donors (Lipinski definition) is 0. The Morgan fingerprint density at radius 3 is 1.74 bits per heavy atom. The number of aryl methyl sites for hydroxylation is 1. The summed E-state index contributed by atoms with van der Waals surface area (Å²) < 4.78 is 2.39. The lowest BCUT2D eigenvalue weighted by Crippen LogP contribution is -1.93. The Labute approximate surface area is 292 Å². The lowest BCUT2D eigenvalue weighted by atomic mass is 9.89. The van der Waals surface area contributed by atoms with Crippen molar-refractivity contribution in [1.29, 1.82) is 0 Å². The minimum absolute atomic E-state index is 1.16. The monoisotopic (exact) mass is 637 g/mol. The van der Waals surface area contributed by atoms with E-state index in [0.29, 0.717) is 0 Å². The zero-order valence-electron chi connectivity index (χ0n) is 28.0. The van der Waals surface area contributed by atoms with Crippen LogP contribution in [0.3, 0.4) is 0 Å². The molecule has 1 aromatic heterocycles. The molecule has 1 heteroatoms. The molecule has 0 spiro atoms. The maximum absolute atomic E-state index is 3.89. The molecule has 0 bridgehead atoms. The third kappa shape index (κ3) is 4.95. The van der Waals surface area contributed by atoms with E-state index < -0.39 is 0 Å². The fraction of sp³-hybridized carbons (Fsp3) is 0.0204. The molecule has 236 valence electrons. The molecule has 0 N–H and O–H groups in total. The fourth-order valence-electron chi connectivity index (χ4n) is 7.70. The van der Waals surface area contributed by atoms with Gasteiger partial charge in [-0.15, -0.1) is 0 Å². The van der Waals surface area contributed by atoms with Crippen LogP contribution >= 0.6 is 0 Å².